The van der Waals surface area contributed by atoms with Crippen molar-refractivity contribution in [3.05, 3.63) is 41.6 Å². The molecule has 0 amide bonds. The van der Waals surface area contributed by atoms with E-state index in [9.17, 15) is 0 Å². The molecule has 0 radical (unpaired) electrons. The van der Waals surface area contributed by atoms with E-state index in [1.165, 1.54) is 5.56 Å². The molecule has 0 unspecified atom stereocenters. The third kappa shape index (κ3) is 2.12. The van der Waals surface area contributed by atoms with Crippen LogP contribution in [-0.2, 0) is 0 Å². The molecule has 1 aromatic rings. The van der Waals surface area contributed by atoms with Gasteiger partial charge < -0.3 is 5.73 Å². The van der Waals surface area contributed by atoms with Gasteiger partial charge in [0.05, 0.1) is 0 Å². The first kappa shape index (κ1) is 8.85. The van der Waals surface area contributed by atoms with Gasteiger partial charge in [-0.1, -0.05) is 38.1 Å². The molecule has 0 spiro atoms. The number of benzene rings is 1. The summed E-state index contributed by atoms with van der Waals surface area (Å²) in [7, 11) is 0. The fourth-order valence-electron chi connectivity index (χ4n) is 1.10. The van der Waals surface area contributed by atoms with Crippen LogP contribution in [-0.4, -0.2) is 0 Å². The Labute approximate surface area is 73.9 Å². The Balaban J connectivity index is 2.85. The molecule has 0 bridgehead atoms. The average Bonchev–Trinajstić information content (AvgIpc) is 2.06. The SMILES string of the molecule is CC(C)c1ccc(/C=C/N)cc1. The third-order valence-corrected chi connectivity index (χ3v) is 1.89. The predicted octanol–water partition coefficient (Wildman–Crippen LogP) is 2.74. The summed E-state index contributed by atoms with van der Waals surface area (Å²) in [5.41, 5.74) is 7.80. The first-order valence-electron chi connectivity index (χ1n) is 4.22. The number of rotatable bonds is 2. The van der Waals surface area contributed by atoms with E-state index in [2.05, 4.69) is 38.1 Å². The second kappa shape index (κ2) is 3.96. The zero-order chi connectivity index (χ0) is 8.97. The topological polar surface area (TPSA) is 26.0 Å². The summed E-state index contributed by atoms with van der Waals surface area (Å²) in [6, 6.07) is 8.44. The molecule has 12 heavy (non-hydrogen) atoms. The second-order valence-corrected chi connectivity index (χ2v) is 3.18. The molecule has 1 heteroatoms. The quantitative estimate of drug-likeness (QED) is 0.709. The fourth-order valence-corrected chi connectivity index (χ4v) is 1.10. The maximum absolute atomic E-state index is 5.28. The molecule has 0 aromatic heterocycles. The summed E-state index contributed by atoms with van der Waals surface area (Å²) in [6.45, 7) is 4.38. The standard InChI is InChI=1S/C11H15N/c1-9(2)11-5-3-10(4-6-11)7-8-12/h3-9H,12H2,1-2H3/b8-7+. The van der Waals surface area contributed by atoms with Crippen LogP contribution in [0.1, 0.15) is 30.9 Å². The summed E-state index contributed by atoms with van der Waals surface area (Å²) in [5.74, 6) is 0.598. The first-order valence-corrected chi connectivity index (χ1v) is 4.22. The molecule has 0 saturated carbocycles. The van der Waals surface area contributed by atoms with E-state index in [1.807, 2.05) is 6.08 Å². The number of hydrogen-bond donors (Lipinski definition) is 1. The fraction of sp³-hybridized carbons (Fsp3) is 0.273. The van der Waals surface area contributed by atoms with Crippen LogP contribution in [0.3, 0.4) is 0 Å². The van der Waals surface area contributed by atoms with Crippen LogP contribution in [0.25, 0.3) is 6.08 Å². The lowest BCUT2D eigenvalue weighted by Crippen LogP contribution is -1.86. The summed E-state index contributed by atoms with van der Waals surface area (Å²) in [4.78, 5) is 0. The smallest absolute Gasteiger partial charge is 0.00564 e. The molecule has 64 valence electrons. The van der Waals surface area contributed by atoms with Crippen LogP contribution in [0, 0.1) is 0 Å². The van der Waals surface area contributed by atoms with Crippen molar-refractivity contribution in [3.63, 3.8) is 0 Å². The zero-order valence-electron chi connectivity index (χ0n) is 7.62. The van der Waals surface area contributed by atoms with Gasteiger partial charge in [-0.2, -0.15) is 0 Å². The number of hydrogen-bond acceptors (Lipinski definition) is 1. The minimum absolute atomic E-state index is 0.598. The van der Waals surface area contributed by atoms with E-state index in [4.69, 9.17) is 5.73 Å². The van der Waals surface area contributed by atoms with Gasteiger partial charge in [0, 0.05) is 0 Å². The summed E-state index contributed by atoms with van der Waals surface area (Å²) >= 11 is 0. The Morgan fingerprint density at radius 1 is 1.17 bits per heavy atom. The van der Waals surface area contributed by atoms with Crippen molar-refractivity contribution in [3.8, 4) is 0 Å². The first-order chi connectivity index (χ1) is 5.74. The lowest BCUT2D eigenvalue weighted by Gasteiger charge is -2.04. The van der Waals surface area contributed by atoms with Crippen LogP contribution >= 0.6 is 0 Å². The zero-order valence-corrected chi connectivity index (χ0v) is 7.62. The summed E-state index contributed by atoms with van der Waals surface area (Å²) in [6.07, 6.45) is 3.45. The van der Waals surface area contributed by atoms with E-state index < -0.39 is 0 Å². The molecule has 0 aliphatic carbocycles. The van der Waals surface area contributed by atoms with Crippen molar-refractivity contribution in [2.24, 2.45) is 5.73 Å². The minimum Gasteiger partial charge on any atom is -0.405 e. The summed E-state index contributed by atoms with van der Waals surface area (Å²) < 4.78 is 0. The maximum atomic E-state index is 5.28. The Kier molecular flexibility index (Phi) is 2.92. The molecule has 0 fully saturated rings. The molecule has 0 aliphatic rings. The molecule has 0 heterocycles. The molecular weight excluding hydrogens is 146 g/mol. The van der Waals surface area contributed by atoms with Gasteiger partial charge >= 0.3 is 0 Å². The molecule has 1 rings (SSSR count). The molecule has 0 aliphatic heterocycles. The molecule has 0 saturated heterocycles. The highest BCUT2D eigenvalue weighted by Gasteiger charge is 1.96. The van der Waals surface area contributed by atoms with Gasteiger partial charge in [-0.3, -0.25) is 0 Å². The van der Waals surface area contributed by atoms with Gasteiger partial charge in [0.25, 0.3) is 0 Å². The van der Waals surface area contributed by atoms with Crippen LogP contribution in [0.5, 0.6) is 0 Å². The van der Waals surface area contributed by atoms with Crippen molar-refractivity contribution in [1.29, 1.82) is 0 Å². The molecule has 2 N–H and O–H groups in total. The maximum Gasteiger partial charge on any atom is -0.00564 e. The lowest BCUT2D eigenvalue weighted by atomic mass is 10.0. The van der Waals surface area contributed by atoms with Crippen molar-refractivity contribution in [2.75, 3.05) is 0 Å². The van der Waals surface area contributed by atoms with E-state index in [0.717, 1.165) is 5.56 Å². The van der Waals surface area contributed by atoms with Crippen LogP contribution < -0.4 is 5.73 Å². The highest BCUT2D eigenvalue weighted by atomic mass is 14.5. The highest BCUT2D eigenvalue weighted by molar-refractivity contribution is 5.49. The van der Waals surface area contributed by atoms with Crippen molar-refractivity contribution >= 4 is 6.08 Å². The van der Waals surface area contributed by atoms with Gasteiger partial charge in [-0.15, -0.1) is 0 Å². The molecular formula is C11H15N. The number of nitrogens with two attached hydrogens (primary N) is 1. The molecule has 0 atom stereocenters. The normalized spacial score (nSPS) is 11.2. The largest absolute Gasteiger partial charge is 0.405 e. The Morgan fingerprint density at radius 2 is 1.75 bits per heavy atom. The van der Waals surface area contributed by atoms with Crippen LogP contribution in [0.2, 0.25) is 0 Å². The Bertz CT molecular complexity index is 257. The monoisotopic (exact) mass is 161 g/mol. The lowest BCUT2D eigenvalue weighted by molar-refractivity contribution is 0.866. The van der Waals surface area contributed by atoms with Crippen molar-refractivity contribution in [2.45, 2.75) is 19.8 Å². The van der Waals surface area contributed by atoms with Crippen LogP contribution in [0.4, 0.5) is 0 Å². The van der Waals surface area contributed by atoms with Gasteiger partial charge in [-0.25, -0.2) is 0 Å². The van der Waals surface area contributed by atoms with Gasteiger partial charge in [0.1, 0.15) is 0 Å². The highest BCUT2D eigenvalue weighted by Crippen LogP contribution is 2.14. The van der Waals surface area contributed by atoms with Gasteiger partial charge in [0.2, 0.25) is 0 Å². The third-order valence-electron chi connectivity index (χ3n) is 1.89. The second-order valence-electron chi connectivity index (χ2n) is 3.18. The van der Waals surface area contributed by atoms with Crippen molar-refractivity contribution in [1.82, 2.24) is 0 Å². The molecule has 1 nitrogen and oxygen atoms in total. The van der Waals surface area contributed by atoms with Crippen molar-refractivity contribution < 1.29 is 0 Å². The minimum atomic E-state index is 0.598. The van der Waals surface area contributed by atoms with E-state index in [1.54, 1.807) is 6.20 Å². The van der Waals surface area contributed by atoms with Gasteiger partial charge in [0.15, 0.2) is 0 Å². The van der Waals surface area contributed by atoms with Gasteiger partial charge in [-0.05, 0) is 29.3 Å². The Morgan fingerprint density at radius 3 is 2.17 bits per heavy atom. The van der Waals surface area contributed by atoms with Crippen LogP contribution in [0.15, 0.2) is 30.5 Å². The molecule has 1 aromatic carbocycles. The summed E-state index contributed by atoms with van der Waals surface area (Å²) in [5, 5.41) is 0. The Hall–Kier alpha value is -1.24. The predicted molar refractivity (Wildman–Crippen MR) is 53.8 cm³/mol. The van der Waals surface area contributed by atoms with E-state index in [-0.39, 0.29) is 0 Å². The van der Waals surface area contributed by atoms with E-state index in [0.29, 0.717) is 5.92 Å². The van der Waals surface area contributed by atoms with E-state index >= 15 is 0 Å². The average molecular weight is 161 g/mol.